The Morgan fingerprint density at radius 3 is 2.78 bits per heavy atom. The lowest BCUT2D eigenvalue weighted by molar-refractivity contribution is 0.0670. The second-order valence-corrected chi connectivity index (χ2v) is 6.65. The molecule has 0 bridgehead atoms. The highest BCUT2D eigenvalue weighted by Gasteiger charge is 2.32. The van der Waals surface area contributed by atoms with E-state index in [2.05, 4.69) is 5.10 Å². The summed E-state index contributed by atoms with van der Waals surface area (Å²) in [6.45, 7) is 2.61. The molecule has 4 rings (SSSR count). The molecule has 0 saturated carbocycles. The maximum atomic E-state index is 13.1. The highest BCUT2D eigenvalue weighted by Crippen LogP contribution is 2.40. The molecule has 1 amide bonds. The molecule has 0 fully saturated rings. The van der Waals surface area contributed by atoms with E-state index >= 15 is 0 Å². The quantitative estimate of drug-likeness (QED) is 0.669. The zero-order valence-corrected chi connectivity index (χ0v) is 15.6. The molecule has 1 atom stereocenters. The van der Waals surface area contributed by atoms with Crippen molar-refractivity contribution in [2.45, 2.75) is 19.4 Å². The van der Waals surface area contributed by atoms with Crippen LogP contribution in [0, 0.1) is 0 Å². The van der Waals surface area contributed by atoms with Crippen LogP contribution < -0.4 is 14.9 Å². The van der Waals surface area contributed by atoms with Gasteiger partial charge in [0.25, 0.3) is 5.91 Å². The Morgan fingerprint density at radius 2 is 2.04 bits per heavy atom. The van der Waals surface area contributed by atoms with Gasteiger partial charge in [0.1, 0.15) is 7.85 Å². The molecule has 1 aromatic carbocycles. The Hall–Kier alpha value is -2.96. The van der Waals surface area contributed by atoms with Crippen molar-refractivity contribution in [1.82, 2.24) is 14.5 Å². The first-order valence-electron chi connectivity index (χ1n) is 8.83. The van der Waals surface area contributed by atoms with Gasteiger partial charge in [-0.3, -0.25) is 4.79 Å². The zero-order chi connectivity index (χ0) is 19.1. The average molecular weight is 361 g/mol. The van der Waals surface area contributed by atoms with Crippen molar-refractivity contribution < 1.29 is 14.3 Å². The van der Waals surface area contributed by atoms with Crippen LogP contribution in [0.25, 0.3) is 5.52 Å². The molecule has 0 aliphatic carbocycles. The van der Waals surface area contributed by atoms with E-state index in [1.165, 1.54) is 0 Å². The predicted octanol–water partition coefficient (Wildman–Crippen LogP) is 1.90. The molecule has 0 N–H and O–H groups in total. The van der Waals surface area contributed by atoms with Crippen molar-refractivity contribution >= 4 is 24.7 Å². The van der Waals surface area contributed by atoms with Crippen molar-refractivity contribution in [3.05, 3.63) is 53.3 Å². The first kappa shape index (κ1) is 17.5. The minimum absolute atomic E-state index is 0.0871. The summed E-state index contributed by atoms with van der Waals surface area (Å²) in [6, 6.07) is 9.24. The topological polar surface area (TPSA) is 56.1 Å². The number of carbonyl (C=O) groups is 1. The summed E-state index contributed by atoms with van der Waals surface area (Å²) in [5.74, 6) is 1.36. The summed E-state index contributed by atoms with van der Waals surface area (Å²) < 4.78 is 12.6. The van der Waals surface area contributed by atoms with E-state index in [-0.39, 0.29) is 11.9 Å². The highest BCUT2D eigenvalue weighted by atomic mass is 16.5. The van der Waals surface area contributed by atoms with Crippen molar-refractivity contribution in [1.29, 1.82) is 0 Å². The van der Waals surface area contributed by atoms with Gasteiger partial charge in [0.05, 0.1) is 25.8 Å². The van der Waals surface area contributed by atoms with Gasteiger partial charge in [-0.1, -0.05) is 17.6 Å². The Morgan fingerprint density at radius 1 is 1.22 bits per heavy atom. The van der Waals surface area contributed by atoms with Gasteiger partial charge in [0.2, 0.25) is 0 Å². The Bertz CT molecular complexity index is 1030. The average Bonchev–Trinajstić information content (AvgIpc) is 3.10. The highest BCUT2D eigenvalue weighted by molar-refractivity contribution is 6.32. The summed E-state index contributed by atoms with van der Waals surface area (Å²) >= 11 is 0. The third-order valence-corrected chi connectivity index (χ3v) is 5.17. The summed E-state index contributed by atoms with van der Waals surface area (Å²) in [5.41, 5.74) is 4.02. The summed E-state index contributed by atoms with van der Waals surface area (Å²) in [4.78, 5) is 15.0. The van der Waals surface area contributed by atoms with Gasteiger partial charge in [-0.05, 0) is 37.1 Å². The lowest BCUT2D eigenvalue weighted by Gasteiger charge is -2.35. The van der Waals surface area contributed by atoms with Gasteiger partial charge in [-0.25, -0.2) is 4.52 Å². The normalized spacial score (nSPS) is 16.3. The first-order chi connectivity index (χ1) is 13.0. The lowest BCUT2D eigenvalue weighted by atomic mass is 9.92. The Labute approximate surface area is 159 Å². The minimum Gasteiger partial charge on any atom is -0.493 e. The van der Waals surface area contributed by atoms with Gasteiger partial charge in [-0.2, -0.15) is 5.10 Å². The van der Waals surface area contributed by atoms with E-state index in [0.29, 0.717) is 29.9 Å². The van der Waals surface area contributed by atoms with E-state index in [0.717, 1.165) is 22.4 Å². The van der Waals surface area contributed by atoms with Gasteiger partial charge >= 0.3 is 0 Å². The number of amides is 1. The van der Waals surface area contributed by atoms with E-state index in [4.69, 9.17) is 17.3 Å². The molecule has 27 heavy (non-hydrogen) atoms. The van der Waals surface area contributed by atoms with Crippen molar-refractivity contribution in [2.75, 3.05) is 20.8 Å². The number of aromatic nitrogens is 2. The monoisotopic (exact) mass is 361 g/mol. The Kier molecular flexibility index (Phi) is 4.30. The maximum Gasteiger partial charge on any atom is 0.274 e. The summed E-state index contributed by atoms with van der Waals surface area (Å²) in [6.07, 6.45) is 2.41. The number of pyridine rings is 1. The van der Waals surface area contributed by atoms with Gasteiger partial charge in [-0.15, -0.1) is 0 Å². The van der Waals surface area contributed by atoms with Crippen LogP contribution in [0.2, 0.25) is 0 Å². The van der Waals surface area contributed by atoms with Crippen LogP contribution in [-0.2, 0) is 6.42 Å². The summed E-state index contributed by atoms with van der Waals surface area (Å²) in [7, 11) is 9.07. The van der Waals surface area contributed by atoms with Crippen LogP contribution in [0.15, 0.2) is 36.5 Å². The van der Waals surface area contributed by atoms with Crippen LogP contribution in [0.5, 0.6) is 11.5 Å². The zero-order valence-electron chi connectivity index (χ0n) is 15.6. The lowest BCUT2D eigenvalue weighted by Crippen LogP contribution is -2.39. The van der Waals surface area contributed by atoms with E-state index in [1.54, 1.807) is 37.1 Å². The second kappa shape index (κ2) is 6.65. The number of carbonyl (C=O) groups excluding carboxylic acids is 1. The minimum atomic E-state index is -0.0924. The van der Waals surface area contributed by atoms with Crippen LogP contribution in [-0.4, -0.2) is 49.0 Å². The molecule has 6 nitrogen and oxygen atoms in total. The van der Waals surface area contributed by atoms with E-state index < -0.39 is 0 Å². The molecule has 3 heterocycles. The molecule has 2 aromatic heterocycles. The fourth-order valence-electron chi connectivity index (χ4n) is 3.78. The predicted molar refractivity (Wildman–Crippen MR) is 103 cm³/mol. The van der Waals surface area contributed by atoms with Crippen LogP contribution in [0.3, 0.4) is 0 Å². The molecular formula is C20H20BN3O3. The van der Waals surface area contributed by atoms with Gasteiger partial charge in [0, 0.05) is 18.3 Å². The second-order valence-electron chi connectivity index (χ2n) is 6.65. The van der Waals surface area contributed by atoms with Crippen LogP contribution in [0.4, 0.5) is 0 Å². The summed E-state index contributed by atoms with van der Waals surface area (Å²) in [5, 5.41) is 4.40. The van der Waals surface area contributed by atoms with E-state index in [1.807, 2.05) is 30.0 Å². The van der Waals surface area contributed by atoms with Crippen molar-refractivity contribution in [3.8, 4) is 11.5 Å². The smallest absolute Gasteiger partial charge is 0.274 e. The first-order valence-corrected chi connectivity index (χ1v) is 8.83. The van der Waals surface area contributed by atoms with Gasteiger partial charge in [0.15, 0.2) is 17.2 Å². The van der Waals surface area contributed by atoms with Gasteiger partial charge < -0.3 is 14.4 Å². The number of benzene rings is 1. The third kappa shape index (κ3) is 2.83. The van der Waals surface area contributed by atoms with Crippen molar-refractivity contribution in [3.63, 3.8) is 0 Å². The van der Waals surface area contributed by atoms with Crippen molar-refractivity contribution in [2.24, 2.45) is 0 Å². The number of hydrogen-bond acceptors (Lipinski definition) is 4. The number of hydrogen-bond donors (Lipinski definition) is 0. The Balaban J connectivity index is 1.68. The molecule has 1 aliphatic rings. The van der Waals surface area contributed by atoms with E-state index in [9.17, 15) is 4.79 Å². The largest absolute Gasteiger partial charge is 0.493 e. The molecule has 1 unspecified atom stereocenters. The molecule has 7 heteroatoms. The van der Waals surface area contributed by atoms with Crippen LogP contribution in [0.1, 0.15) is 34.6 Å². The standard InChI is InChI=1S/C20H20BN3O3/c1-12-15-6-7-18(26-2)19(27-3)16(15)8-9-23(12)20(25)17-10-14-5-4-13(21)11-24(14)22-17/h4-7,10-12H,8-9H2,1-3H3. The molecular weight excluding hydrogens is 341 g/mol. The maximum absolute atomic E-state index is 13.1. The fraction of sp³-hybridized carbons (Fsp3) is 0.300. The number of rotatable bonds is 3. The number of methoxy groups -OCH3 is 2. The third-order valence-electron chi connectivity index (χ3n) is 5.17. The molecule has 0 spiro atoms. The number of fused-ring (bicyclic) bond motifs is 2. The SMILES string of the molecule is [B]c1ccc2cc(C(=O)N3CCc4c(ccc(OC)c4OC)C3C)nn2c1. The van der Waals surface area contributed by atoms with Crippen LogP contribution >= 0.6 is 0 Å². The molecule has 0 saturated heterocycles. The molecule has 136 valence electrons. The molecule has 2 radical (unpaired) electrons. The fourth-order valence-corrected chi connectivity index (χ4v) is 3.78. The molecule has 3 aromatic rings. The number of nitrogens with zero attached hydrogens (tertiary/aromatic N) is 3. The number of ether oxygens (including phenoxy) is 2. The molecule has 1 aliphatic heterocycles.